The highest BCUT2D eigenvalue weighted by Crippen LogP contribution is 2.32. The van der Waals surface area contributed by atoms with Crippen molar-refractivity contribution in [1.82, 2.24) is 21.2 Å². The number of hydrazine groups is 1. The predicted molar refractivity (Wildman–Crippen MR) is 114 cm³/mol. The first-order chi connectivity index (χ1) is 13.7. The number of nitrogens with one attached hydrogen (secondary N) is 4. The molecular weight excluding hydrogens is 414 g/mol. The highest BCUT2D eigenvalue weighted by molar-refractivity contribution is 7.16. The molecule has 0 saturated carbocycles. The minimum Gasteiger partial charge on any atom is -0.469 e. The highest BCUT2D eigenvalue weighted by atomic mass is 35.5. The lowest BCUT2D eigenvalue weighted by molar-refractivity contribution is -0.139. The van der Waals surface area contributed by atoms with Crippen LogP contribution in [0.1, 0.15) is 11.3 Å². The van der Waals surface area contributed by atoms with Crippen molar-refractivity contribution in [3.8, 4) is 11.3 Å². The number of hydrogen-bond acceptors (Lipinski definition) is 8. The molecular formula is C19H24ClN5O3S. The van der Waals surface area contributed by atoms with E-state index in [0.29, 0.717) is 16.9 Å². The number of carbonyl (C=O) groups is 2. The lowest BCUT2D eigenvalue weighted by Crippen LogP contribution is -2.47. The Morgan fingerprint density at radius 2 is 2.07 bits per heavy atom. The second-order valence-electron chi connectivity index (χ2n) is 6.93. The lowest BCUT2D eigenvalue weighted by Gasteiger charge is -2.27. The van der Waals surface area contributed by atoms with E-state index in [1.54, 1.807) is 0 Å². The Balaban J connectivity index is 0.00000240. The summed E-state index contributed by atoms with van der Waals surface area (Å²) < 4.78 is 4.80. The number of carbonyl (C=O) groups excluding carboxylic acids is 2. The van der Waals surface area contributed by atoms with Crippen molar-refractivity contribution in [1.29, 1.82) is 0 Å². The molecule has 2 aromatic rings. The van der Waals surface area contributed by atoms with E-state index in [2.05, 4.69) is 26.5 Å². The van der Waals surface area contributed by atoms with E-state index >= 15 is 0 Å². The van der Waals surface area contributed by atoms with Crippen molar-refractivity contribution >= 4 is 40.8 Å². The number of amides is 1. The number of thiazole rings is 1. The summed E-state index contributed by atoms with van der Waals surface area (Å²) >= 11 is 1.31. The predicted octanol–water partition coefficient (Wildman–Crippen LogP) is 1.34. The number of esters is 1. The van der Waals surface area contributed by atoms with Crippen LogP contribution in [0.25, 0.3) is 11.3 Å². The molecule has 10 heteroatoms. The third kappa shape index (κ3) is 4.76. The number of halogens is 1. The molecule has 3 unspecified atom stereocenters. The molecule has 156 valence electrons. The molecule has 2 aliphatic rings. The van der Waals surface area contributed by atoms with Gasteiger partial charge in [-0.3, -0.25) is 15.0 Å². The van der Waals surface area contributed by atoms with E-state index in [-0.39, 0.29) is 42.7 Å². The molecule has 0 bridgehead atoms. The Morgan fingerprint density at radius 1 is 1.28 bits per heavy atom. The van der Waals surface area contributed by atoms with Gasteiger partial charge >= 0.3 is 5.97 Å². The highest BCUT2D eigenvalue weighted by Gasteiger charge is 2.41. The number of methoxy groups -OCH3 is 1. The van der Waals surface area contributed by atoms with Crippen LogP contribution >= 0.6 is 23.7 Å². The van der Waals surface area contributed by atoms with Gasteiger partial charge in [0.05, 0.1) is 19.2 Å². The van der Waals surface area contributed by atoms with Crippen LogP contribution in [0.3, 0.4) is 0 Å². The van der Waals surface area contributed by atoms with E-state index in [0.717, 1.165) is 30.0 Å². The van der Waals surface area contributed by atoms with Gasteiger partial charge < -0.3 is 15.4 Å². The number of nitrogens with zero attached hydrogens (tertiary/aromatic N) is 1. The van der Waals surface area contributed by atoms with E-state index in [4.69, 9.17) is 4.74 Å². The summed E-state index contributed by atoms with van der Waals surface area (Å²) in [6.07, 6.45) is 1.10. The Bertz CT molecular complexity index is 863. The van der Waals surface area contributed by atoms with Gasteiger partial charge in [-0.2, -0.15) is 0 Å². The van der Waals surface area contributed by atoms with Gasteiger partial charge in [0.2, 0.25) is 5.91 Å². The molecule has 1 amide bonds. The molecule has 2 aliphatic heterocycles. The number of anilines is 1. The number of rotatable bonds is 5. The fourth-order valence-corrected chi connectivity index (χ4v) is 4.68. The molecule has 29 heavy (non-hydrogen) atoms. The number of piperidine rings is 1. The Labute approximate surface area is 179 Å². The normalized spacial score (nSPS) is 23.0. The fraction of sp³-hybridized carbons (Fsp3) is 0.421. The number of ether oxygens (including phenoxy) is 1. The number of fused-ring (bicyclic) bond motifs is 1. The van der Waals surface area contributed by atoms with Crippen LogP contribution in [0.4, 0.5) is 5.13 Å². The first-order valence-electron chi connectivity index (χ1n) is 9.30. The quantitative estimate of drug-likeness (QED) is 0.523. The monoisotopic (exact) mass is 437 g/mol. The number of benzene rings is 1. The maximum Gasteiger partial charge on any atom is 0.310 e. The summed E-state index contributed by atoms with van der Waals surface area (Å²) in [4.78, 5) is 30.0. The fourth-order valence-electron chi connectivity index (χ4n) is 3.71. The molecule has 0 spiro atoms. The van der Waals surface area contributed by atoms with Crippen molar-refractivity contribution in [2.75, 3.05) is 25.5 Å². The van der Waals surface area contributed by atoms with Gasteiger partial charge in [0.15, 0.2) is 5.13 Å². The zero-order valence-electron chi connectivity index (χ0n) is 15.9. The molecule has 1 aromatic heterocycles. The van der Waals surface area contributed by atoms with Crippen LogP contribution in [0.5, 0.6) is 0 Å². The van der Waals surface area contributed by atoms with Gasteiger partial charge in [0, 0.05) is 28.9 Å². The first-order valence-corrected chi connectivity index (χ1v) is 10.1. The third-order valence-electron chi connectivity index (χ3n) is 5.17. The molecule has 4 rings (SSSR count). The smallest absolute Gasteiger partial charge is 0.310 e. The van der Waals surface area contributed by atoms with E-state index in [9.17, 15) is 9.59 Å². The summed E-state index contributed by atoms with van der Waals surface area (Å²) in [6, 6.07) is 9.59. The summed E-state index contributed by atoms with van der Waals surface area (Å²) in [5.74, 6) is -0.269. The maximum absolute atomic E-state index is 12.8. The van der Waals surface area contributed by atoms with Crippen LogP contribution in [-0.2, 0) is 20.7 Å². The Kier molecular flexibility index (Phi) is 7.20. The van der Waals surface area contributed by atoms with Crippen molar-refractivity contribution in [2.45, 2.75) is 24.9 Å². The van der Waals surface area contributed by atoms with E-state index in [1.165, 1.54) is 18.4 Å². The molecule has 8 nitrogen and oxygen atoms in total. The summed E-state index contributed by atoms with van der Waals surface area (Å²) in [6.45, 7) is 1.75. The van der Waals surface area contributed by atoms with Gasteiger partial charge in [-0.05, 0) is 13.0 Å². The zero-order chi connectivity index (χ0) is 19.5. The number of hydrogen-bond donors (Lipinski definition) is 4. The van der Waals surface area contributed by atoms with E-state index < -0.39 is 0 Å². The van der Waals surface area contributed by atoms with Gasteiger partial charge in [0.25, 0.3) is 0 Å². The molecule has 0 aliphatic carbocycles. The van der Waals surface area contributed by atoms with Gasteiger partial charge in [-0.15, -0.1) is 23.7 Å². The van der Waals surface area contributed by atoms with Crippen LogP contribution in [0.15, 0.2) is 30.3 Å². The van der Waals surface area contributed by atoms with Crippen molar-refractivity contribution < 1.29 is 14.3 Å². The molecule has 1 aromatic carbocycles. The standard InChI is InChI=1S/C19H23N5O3S.ClH/c1-27-15(25)9-14-16(11-5-3-2-4-6-11)21-19(28-14)22-18(26)17-12-10-20-8-7-13(12)23-24-17;/h2-6,12-13,17,20,23-24H,7-10H2,1H3,(H,21,22,26);1H. The second kappa shape index (κ2) is 9.64. The molecule has 2 saturated heterocycles. The number of aromatic nitrogens is 1. The Hall–Kier alpha value is -2.04. The lowest BCUT2D eigenvalue weighted by atomic mass is 9.89. The topological polar surface area (TPSA) is 104 Å². The van der Waals surface area contributed by atoms with Crippen molar-refractivity contribution in [2.24, 2.45) is 5.92 Å². The van der Waals surface area contributed by atoms with Crippen LogP contribution in [-0.4, -0.2) is 49.1 Å². The van der Waals surface area contributed by atoms with Crippen LogP contribution in [0.2, 0.25) is 0 Å². The molecule has 2 fully saturated rings. The van der Waals surface area contributed by atoms with E-state index in [1.807, 2.05) is 30.3 Å². The van der Waals surface area contributed by atoms with Gasteiger partial charge in [-0.25, -0.2) is 10.4 Å². The molecule has 3 atom stereocenters. The minimum atomic E-state index is -0.337. The molecule has 0 radical (unpaired) electrons. The average molecular weight is 438 g/mol. The van der Waals surface area contributed by atoms with Gasteiger partial charge in [0.1, 0.15) is 6.04 Å². The van der Waals surface area contributed by atoms with Crippen LogP contribution in [0, 0.1) is 5.92 Å². The van der Waals surface area contributed by atoms with Crippen molar-refractivity contribution in [3.63, 3.8) is 0 Å². The summed E-state index contributed by atoms with van der Waals surface area (Å²) in [7, 11) is 1.36. The Morgan fingerprint density at radius 3 is 2.83 bits per heavy atom. The minimum absolute atomic E-state index is 0. The van der Waals surface area contributed by atoms with Crippen molar-refractivity contribution in [3.05, 3.63) is 35.2 Å². The second-order valence-corrected chi connectivity index (χ2v) is 8.01. The van der Waals surface area contributed by atoms with Gasteiger partial charge in [-0.1, -0.05) is 30.3 Å². The zero-order valence-corrected chi connectivity index (χ0v) is 17.6. The largest absolute Gasteiger partial charge is 0.469 e. The molecule has 3 heterocycles. The summed E-state index contributed by atoms with van der Waals surface area (Å²) in [5, 5.41) is 6.75. The first kappa shape index (κ1) is 21.7. The third-order valence-corrected chi connectivity index (χ3v) is 6.14. The van der Waals surface area contributed by atoms with Crippen LogP contribution < -0.4 is 21.5 Å². The SMILES string of the molecule is COC(=O)Cc1sc(NC(=O)C2NNC3CCNCC32)nc1-c1ccccc1.Cl. The summed E-state index contributed by atoms with van der Waals surface area (Å²) in [5.41, 5.74) is 7.93. The average Bonchev–Trinajstić information content (AvgIpc) is 3.32. The molecule has 4 N–H and O–H groups in total. The maximum atomic E-state index is 12.8.